The summed E-state index contributed by atoms with van der Waals surface area (Å²) in [5, 5.41) is 0. The predicted octanol–water partition coefficient (Wildman–Crippen LogP) is 2.29. The maximum Gasteiger partial charge on any atom is 0.410 e. The molecule has 1 aliphatic heterocycles. The molecule has 7 nitrogen and oxygen atoms in total. The Hall–Kier alpha value is -0.770. The van der Waals surface area contributed by atoms with Crippen LogP contribution in [0.25, 0.3) is 0 Å². The lowest BCUT2D eigenvalue weighted by Gasteiger charge is -2.36. The van der Waals surface area contributed by atoms with Crippen molar-refractivity contribution in [3.63, 3.8) is 0 Å². The number of aliphatic imine (C=N–C) groups is 1. The maximum atomic E-state index is 12.0. The van der Waals surface area contributed by atoms with Crippen LogP contribution in [0, 0.1) is 5.92 Å². The summed E-state index contributed by atoms with van der Waals surface area (Å²) < 4.78 is 11.0. The van der Waals surface area contributed by atoms with E-state index in [0.717, 1.165) is 25.6 Å². The van der Waals surface area contributed by atoms with Gasteiger partial charge in [-0.05, 0) is 46.0 Å². The molecule has 1 saturated carbocycles. The first kappa shape index (κ1) is 22.3. The van der Waals surface area contributed by atoms with E-state index in [-0.39, 0.29) is 30.1 Å². The molecule has 0 unspecified atom stereocenters. The molecule has 2 fully saturated rings. The Labute approximate surface area is 168 Å². The van der Waals surface area contributed by atoms with E-state index in [1.165, 1.54) is 12.8 Å². The molecule has 0 aromatic rings. The van der Waals surface area contributed by atoms with Crippen LogP contribution in [0.15, 0.2) is 4.99 Å². The van der Waals surface area contributed by atoms with Gasteiger partial charge in [-0.3, -0.25) is 4.99 Å². The molecule has 0 aromatic carbocycles. The van der Waals surface area contributed by atoms with E-state index in [2.05, 4.69) is 4.99 Å². The molecule has 2 N–H and O–H groups in total. The number of amides is 1. The van der Waals surface area contributed by atoms with Gasteiger partial charge in [-0.2, -0.15) is 0 Å². The van der Waals surface area contributed by atoms with Gasteiger partial charge in [-0.15, -0.1) is 24.0 Å². The smallest absolute Gasteiger partial charge is 0.410 e. The van der Waals surface area contributed by atoms with Gasteiger partial charge in [0.25, 0.3) is 0 Å². The van der Waals surface area contributed by atoms with Crippen LogP contribution < -0.4 is 5.73 Å². The SMILES string of the molecule is CC(C)(C)OC(=O)N1CCN(C(N)=NCCCOCC2CC2)CC1.I. The Morgan fingerprint density at radius 1 is 1.16 bits per heavy atom. The summed E-state index contributed by atoms with van der Waals surface area (Å²) in [5.41, 5.74) is 5.58. The van der Waals surface area contributed by atoms with Crippen molar-refractivity contribution in [1.82, 2.24) is 9.80 Å². The van der Waals surface area contributed by atoms with Gasteiger partial charge in [0.05, 0.1) is 0 Å². The molecule has 1 heterocycles. The number of nitrogens with two attached hydrogens (primary N) is 1. The van der Waals surface area contributed by atoms with Crippen LogP contribution in [0.3, 0.4) is 0 Å². The first-order chi connectivity index (χ1) is 11.3. The summed E-state index contributed by atoms with van der Waals surface area (Å²) in [6.07, 6.45) is 3.27. The fraction of sp³-hybridized carbons (Fsp3) is 0.882. The molecule has 8 heteroatoms. The minimum absolute atomic E-state index is 0. The fourth-order valence-corrected chi connectivity index (χ4v) is 2.44. The Morgan fingerprint density at radius 2 is 1.76 bits per heavy atom. The van der Waals surface area contributed by atoms with Crippen LogP contribution in [0.5, 0.6) is 0 Å². The third-order valence-electron chi connectivity index (χ3n) is 4.03. The van der Waals surface area contributed by atoms with E-state index in [0.29, 0.717) is 38.7 Å². The third-order valence-corrected chi connectivity index (χ3v) is 4.03. The van der Waals surface area contributed by atoms with Crippen LogP contribution in [-0.2, 0) is 9.47 Å². The first-order valence-electron chi connectivity index (χ1n) is 8.96. The Bertz CT molecular complexity index is 442. The maximum absolute atomic E-state index is 12.0. The lowest BCUT2D eigenvalue weighted by atomic mass is 10.2. The van der Waals surface area contributed by atoms with E-state index in [4.69, 9.17) is 15.2 Å². The number of rotatable bonds is 6. The molecule has 146 valence electrons. The minimum atomic E-state index is -0.462. The summed E-state index contributed by atoms with van der Waals surface area (Å²) in [7, 11) is 0. The van der Waals surface area contributed by atoms with Crippen LogP contribution in [0.4, 0.5) is 4.79 Å². The van der Waals surface area contributed by atoms with Crippen LogP contribution in [0.2, 0.25) is 0 Å². The van der Waals surface area contributed by atoms with E-state index in [9.17, 15) is 4.79 Å². The molecule has 0 aromatic heterocycles. The highest BCUT2D eigenvalue weighted by Crippen LogP contribution is 2.28. The highest BCUT2D eigenvalue weighted by Gasteiger charge is 2.26. The second-order valence-corrected chi connectivity index (χ2v) is 7.57. The monoisotopic (exact) mass is 468 g/mol. The number of piperazine rings is 1. The van der Waals surface area contributed by atoms with Crippen molar-refractivity contribution in [2.75, 3.05) is 45.9 Å². The van der Waals surface area contributed by atoms with E-state index >= 15 is 0 Å². The van der Waals surface area contributed by atoms with Gasteiger partial charge in [0.15, 0.2) is 5.96 Å². The Balaban J connectivity index is 0.00000312. The van der Waals surface area contributed by atoms with Crippen molar-refractivity contribution >= 4 is 36.0 Å². The van der Waals surface area contributed by atoms with Gasteiger partial charge in [-0.25, -0.2) is 4.79 Å². The predicted molar refractivity (Wildman–Crippen MR) is 109 cm³/mol. The van der Waals surface area contributed by atoms with E-state index in [1.807, 2.05) is 25.7 Å². The molecular weight excluding hydrogens is 435 g/mol. The average Bonchev–Trinajstić information content (AvgIpc) is 3.33. The lowest BCUT2D eigenvalue weighted by Crippen LogP contribution is -2.53. The number of carbonyl (C=O) groups is 1. The summed E-state index contributed by atoms with van der Waals surface area (Å²) >= 11 is 0. The second kappa shape index (κ2) is 10.4. The topological polar surface area (TPSA) is 80.4 Å². The number of ether oxygens (including phenoxy) is 2. The number of guanidine groups is 1. The average molecular weight is 468 g/mol. The lowest BCUT2D eigenvalue weighted by molar-refractivity contribution is 0.0186. The van der Waals surface area contributed by atoms with Gasteiger partial charge in [0.1, 0.15) is 5.60 Å². The van der Waals surface area contributed by atoms with Crippen LogP contribution in [-0.4, -0.2) is 73.4 Å². The zero-order valence-electron chi connectivity index (χ0n) is 15.7. The quantitative estimate of drug-likeness (QED) is 0.280. The minimum Gasteiger partial charge on any atom is -0.444 e. The van der Waals surface area contributed by atoms with Crippen molar-refractivity contribution in [2.24, 2.45) is 16.6 Å². The number of halogens is 1. The molecule has 1 amide bonds. The molecule has 1 aliphatic carbocycles. The first-order valence-corrected chi connectivity index (χ1v) is 8.96. The molecular formula is C17H33IN4O3. The number of nitrogens with zero attached hydrogens (tertiary/aromatic N) is 3. The standard InChI is InChI=1S/C17H32N4O3.HI/c1-17(2,3)24-16(22)21-10-8-20(9-11-21)15(18)19-7-4-12-23-13-14-5-6-14;/h14H,4-13H2,1-3H3,(H2,18,19);1H. The van der Waals surface area contributed by atoms with Crippen molar-refractivity contribution in [3.05, 3.63) is 0 Å². The molecule has 25 heavy (non-hydrogen) atoms. The van der Waals surface area contributed by atoms with Gasteiger partial charge >= 0.3 is 6.09 Å². The molecule has 0 spiro atoms. The van der Waals surface area contributed by atoms with Crippen molar-refractivity contribution in [2.45, 2.75) is 45.6 Å². The van der Waals surface area contributed by atoms with Crippen molar-refractivity contribution in [1.29, 1.82) is 0 Å². The third kappa shape index (κ3) is 8.94. The van der Waals surface area contributed by atoms with Crippen LogP contribution >= 0.6 is 24.0 Å². The normalized spacial score (nSPS) is 18.8. The second-order valence-electron chi connectivity index (χ2n) is 7.57. The largest absolute Gasteiger partial charge is 0.444 e. The zero-order chi connectivity index (χ0) is 17.6. The Morgan fingerprint density at radius 3 is 2.32 bits per heavy atom. The molecule has 1 saturated heterocycles. The molecule has 2 rings (SSSR count). The van der Waals surface area contributed by atoms with Crippen molar-refractivity contribution < 1.29 is 14.3 Å². The van der Waals surface area contributed by atoms with Gasteiger partial charge in [0.2, 0.25) is 0 Å². The van der Waals surface area contributed by atoms with Gasteiger partial charge in [-0.1, -0.05) is 0 Å². The zero-order valence-corrected chi connectivity index (χ0v) is 18.0. The Kier molecular flexibility index (Phi) is 9.26. The number of carbonyl (C=O) groups excluding carboxylic acids is 1. The summed E-state index contributed by atoms with van der Waals surface area (Å²) in [5.74, 6) is 1.36. The summed E-state index contributed by atoms with van der Waals surface area (Å²) in [4.78, 5) is 20.2. The molecule has 0 radical (unpaired) electrons. The van der Waals surface area contributed by atoms with Crippen LogP contribution in [0.1, 0.15) is 40.0 Å². The number of hydrogen-bond donors (Lipinski definition) is 1. The summed E-state index contributed by atoms with van der Waals surface area (Å²) in [6, 6.07) is 0. The number of hydrogen-bond acceptors (Lipinski definition) is 4. The highest BCUT2D eigenvalue weighted by molar-refractivity contribution is 14.0. The van der Waals surface area contributed by atoms with Crippen molar-refractivity contribution in [3.8, 4) is 0 Å². The fourth-order valence-electron chi connectivity index (χ4n) is 2.44. The van der Waals surface area contributed by atoms with E-state index < -0.39 is 5.60 Å². The summed E-state index contributed by atoms with van der Waals surface area (Å²) in [6.45, 7) is 10.5. The molecule has 2 aliphatic rings. The molecule has 0 bridgehead atoms. The van der Waals surface area contributed by atoms with Gasteiger partial charge < -0.3 is 25.0 Å². The highest BCUT2D eigenvalue weighted by atomic mass is 127. The van der Waals surface area contributed by atoms with Gasteiger partial charge in [0, 0.05) is 45.9 Å². The van der Waals surface area contributed by atoms with E-state index in [1.54, 1.807) is 4.90 Å². The molecule has 0 atom stereocenters.